The van der Waals surface area contributed by atoms with Gasteiger partial charge in [-0.25, -0.2) is 0 Å². The molecular weight excluding hydrogens is 220 g/mol. The van der Waals surface area contributed by atoms with Crippen LogP contribution in [-0.4, -0.2) is 12.8 Å². The molecule has 1 aromatic rings. The maximum atomic E-state index is 11.5. The fourth-order valence-corrected chi connectivity index (χ4v) is 2.37. The van der Waals surface area contributed by atoms with Gasteiger partial charge in [0.25, 0.3) is 0 Å². The highest BCUT2D eigenvalue weighted by atomic mass is 16.7. The number of carbonyl (C=O) groups is 1. The van der Waals surface area contributed by atoms with E-state index in [4.69, 9.17) is 14.2 Å². The summed E-state index contributed by atoms with van der Waals surface area (Å²) in [6.07, 6.45) is 0.435. The van der Waals surface area contributed by atoms with E-state index >= 15 is 0 Å². The maximum absolute atomic E-state index is 11.5. The fraction of sp³-hybridized carbons (Fsp3) is 0.462. The van der Waals surface area contributed by atoms with Crippen molar-refractivity contribution in [3.8, 4) is 17.2 Å². The average Bonchev–Trinajstić information content (AvgIpc) is 2.71. The number of esters is 1. The van der Waals surface area contributed by atoms with Crippen molar-refractivity contribution in [3.05, 3.63) is 17.7 Å². The van der Waals surface area contributed by atoms with Crippen LogP contribution in [-0.2, 0) is 4.79 Å². The van der Waals surface area contributed by atoms with Crippen molar-refractivity contribution >= 4 is 5.97 Å². The molecule has 0 N–H and O–H groups in total. The number of ether oxygens (including phenoxy) is 3. The zero-order valence-corrected chi connectivity index (χ0v) is 9.86. The van der Waals surface area contributed by atoms with Crippen LogP contribution in [0.4, 0.5) is 0 Å². The van der Waals surface area contributed by atoms with E-state index in [0.29, 0.717) is 23.8 Å². The van der Waals surface area contributed by atoms with Crippen LogP contribution in [0.15, 0.2) is 12.1 Å². The minimum Gasteiger partial charge on any atom is -0.454 e. The van der Waals surface area contributed by atoms with Crippen molar-refractivity contribution < 1.29 is 19.0 Å². The van der Waals surface area contributed by atoms with Crippen molar-refractivity contribution in [1.29, 1.82) is 0 Å². The molecule has 0 spiro atoms. The number of benzene rings is 1. The van der Waals surface area contributed by atoms with Gasteiger partial charge in [0.2, 0.25) is 6.79 Å². The Morgan fingerprint density at radius 1 is 1.18 bits per heavy atom. The van der Waals surface area contributed by atoms with Crippen molar-refractivity contribution in [3.63, 3.8) is 0 Å². The van der Waals surface area contributed by atoms with Gasteiger partial charge in [-0.2, -0.15) is 0 Å². The normalized spacial score (nSPS) is 21.4. The first-order valence-corrected chi connectivity index (χ1v) is 5.79. The van der Waals surface area contributed by atoms with Gasteiger partial charge in [-0.05, 0) is 12.0 Å². The van der Waals surface area contributed by atoms with E-state index in [1.807, 2.05) is 6.07 Å². The van der Waals surface area contributed by atoms with E-state index in [1.165, 1.54) is 0 Å². The molecular formula is C13H14O4. The number of carbonyl (C=O) groups excluding carboxylic acids is 1. The van der Waals surface area contributed by atoms with Crippen molar-refractivity contribution in [2.24, 2.45) is 5.92 Å². The van der Waals surface area contributed by atoms with E-state index in [9.17, 15) is 4.79 Å². The van der Waals surface area contributed by atoms with Crippen molar-refractivity contribution in [1.82, 2.24) is 0 Å². The lowest BCUT2D eigenvalue weighted by molar-refractivity contribution is -0.136. The van der Waals surface area contributed by atoms with Crippen LogP contribution in [0.2, 0.25) is 0 Å². The molecule has 0 aliphatic carbocycles. The predicted octanol–water partition coefficient (Wildman–Crippen LogP) is 2.46. The molecule has 17 heavy (non-hydrogen) atoms. The summed E-state index contributed by atoms with van der Waals surface area (Å²) in [5, 5.41) is 0. The molecule has 4 heteroatoms. The third-order valence-corrected chi connectivity index (χ3v) is 3.32. The Morgan fingerprint density at radius 3 is 2.59 bits per heavy atom. The van der Waals surface area contributed by atoms with Gasteiger partial charge in [0.1, 0.15) is 5.75 Å². The molecule has 0 aromatic heterocycles. The molecule has 0 unspecified atom stereocenters. The Bertz CT molecular complexity index is 479. The second kappa shape index (κ2) is 3.65. The van der Waals surface area contributed by atoms with Crippen molar-refractivity contribution in [2.45, 2.75) is 26.2 Å². The lowest BCUT2D eigenvalue weighted by atomic mass is 9.84. The summed E-state index contributed by atoms with van der Waals surface area (Å²) in [5.41, 5.74) is 1.05. The molecule has 4 nitrogen and oxygen atoms in total. The SMILES string of the molecule is CC(C)[C@H]1CC(=O)Oc2cc3c(cc21)OCO3. The van der Waals surface area contributed by atoms with E-state index in [0.717, 1.165) is 11.3 Å². The molecule has 0 bridgehead atoms. The third kappa shape index (κ3) is 1.64. The van der Waals surface area contributed by atoms with Crippen molar-refractivity contribution in [2.75, 3.05) is 6.79 Å². The summed E-state index contributed by atoms with van der Waals surface area (Å²) in [4.78, 5) is 11.5. The van der Waals surface area contributed by atoms with E-state index in [-0.39, 0.29) is 18.7 Å². The maximum Gasteiger partial charge on any atom is 0.311 e. The number of hydrogen-bond acceptors (Lipinski definition) is 4. The standard InChI is InChI=1S/C13H14O4/c1-7(2)8-4-13(14)17-10-5-12-11(3-9(8)10)15-6-16-12/h3,5,7-8H,4,6H2,1-2H3/t8-/m1/s1. The number of rotatable bonds is 1. The van der Waals surface area contributed by atoms with Crippen LogP contribution in [0.3, 0.4) is 0 Å². The van der Waals surface area contributed by atoms with Gasteiger partial charge in [-0.3, -0.25) is 4.79 Å². The summed E-state index contributed by atoms with van der Waals surface area (Å²) in [6, 6.07) is 3.69. The van der Waals surface area contributed by atoms with Crippen LogP contribution in [0, 0.1) is 5.92 Å². The van der Waals surface area contributed by atoms with E-state index < -0.39 is 0 Å². The Morgan fingerprint density at radius 2 is 1.88 bits per heavy atom. The zero-order valence-electron chi connectivity index (χ0n) is 9.86. The Hall–Kier alpha value is -1.71. The first kappa shape index (κ1) is 10.4. The molecule has 2 aliphatic heterocycles. The van der Waals surface area contributed by atoms with E-state index in [2.05, 4.69) is 13.8 Å². The van der Waals surface area contributed by atoms with Crippen LogP contribution in [0.25, 0.3) is 0 Å². The average molecular weight is 234 g/mol. The quantitative estimate of drug-likeness (QED) is 0.553. The van der Waals surface area contributed by atoms with Gasteiger partial charge >= 0.3 is 5.97 Å². The fourth-order valence-electron chi connectivity index (χ4n) is 2.37. The predicted molar refractivity (Wildman–Crippen MR) is 60.4 cm³/mol. The van der Waals surface area contributed by atoms with Gasteiger partial charge in [0, 0.05) is 17.5 Å². The molecule has 1 aromatic carbocycles. The summed E-state index contributed by atoms with van der Waals surface area (Å²) in [5.74, 6) is 2.43. The lowest BCUT2D eigenvalue weighted by Gasteiger charge is -2.27. The number of hydrogen-bond donors (Lipinski definition) is 0. The smallest absolute Gasteiger partial charge is 0.311 e. The van der Waals surface area contributed by atoms with Gasteiger partial charge in [-0.1, -0.05) is 13.8 Å². The summed E-state index contributed by atoms with van der Waals surface area (Å²) >= 11 is 0. The highest BCUT2D eigenvalue weighted by molar-refractivity contribution is 5.77. The largest absolute Gasteiger partial charge is 0.454 e. The van der Waals surface area contributed by atoms with Gasteiger partial charge in [0.15, 0.2) is 11.5 Å². The van der Waals surface area contributed by atoms with Gasteiger partial charge in [-0.15, -0.1) is 0 Å². The highest BCUT2D eigenvalue weighted by Gasteiger charge is 2.31. The molecule has 0 fully saturated rings. The zero-order chi connectivity index (χ0) is 12.0. The Labute approximate surface area is 99.5 Å². The molecule has 2 aliphatic rings. The lowest BCUT2D eigenvalue weighted by Crippen LogP contribution is -2.23. The molecule has 0 radical (unpaired) electrons. The van der Waals surface area contributed by atoms with Gasteiger partial charge < -0.3 is 14.2 Å². The minimum atomic E-state index is -0.171. The van der Waals surface area contributed by atoms with Crippen LogP contribution in [0.5, 0.6) is 17.2 Å². The molecule has 2 heterocycles. The third-order valence-electron chi connectivity index (χ3n) is 3.32. The van der Waals surface area contributed by atoms with Crippen LogP contribution in [0.1, 0.15) is 31.7 Å². The summed E-state index contributed by atoms with van der Waals surface area (Å²) in [6.45, 7) is 4.45. The van der Waals surface area contributed by atoms with Crippen LogP contribution < -0.4 is 14.2 Å². The molecule has 3 rings (SSSR count). The Kier molecular flexibility index (Phi) is 2.24. The van der Waals surface area contributed by atoms with E-state index in [1.54, 1.807) is 6.07 Å². The summed E-state index contributed by atoms with van der Waals surface area (Å²) in [7, 11) is 0. The van der Waals surface area contributed by atoms with Crippen LogP contribution >= 0.6 is 0 Å². The number of fused-ring (bicyclic) bond motifs is 2. The molecule has 90 valence electrons. The molecule has 1 atom stereocenters. The summed E-state index contributed by atoms with van der Waals surface area (Å²) < 4.78 is 15.9. The topological polar surface area (TPSA) is 44.8 Å². The highest BCUT2D eigenvalue weighted by Crippen LogP contribution is 2.45. The second-order valence-electron chi connectivity index (χ2n) is 4.77. The van der Waals surface area contributed by atoms with Gasteiger partial charge in [0.05, 0.1) is 6.42 Å². The first-order valence-electron chi connectivity index (χ1n) is 5.79. The monoisotopic (exact) mass is 234 g/mol. The molecule has 0 amide bonds. The second-order valence-corrected chi connectivity index (χ2v) is 4.77. The first-order chi connectivity index (χ1) is 8.15. The molecule has 0 saturated carbocycles. The minimum absolute atomic E-state index is 0.171. The molecule has 0 saturated heterocycles. The Balaban J connectivity index is 2.10.